The number of amides is 2. The normalized spacial score (nSPS) is 18.6. The van der Waals surface area contributed by atoms with Crippen molar-refractivity contribution >= 4 is 39.5 Å². The molecule has 2 aromatic heterocycles. The zero-order valence-corrected chi connectivity index (χ0v) is 18.5. The lowest BCUT2D eigenvalue weighted by atomic mass is 10.0. The van der Waals surface area contributed by atoms with Crippen LogP contribution < -0.4 is 10.2 Å². The van der Waals surface area contributed by atoms with Crippen molar-refractivity contribution in [3.63, 3.8) is 0 Å². The number of hydrogen-bond donors (Lipinski definition) is 2. The molecule has 2 amide bonds. The van der Waals surface area contributed by atoms with Crippen molar-refractivity contribution in [1.29, 1.82) is 0 Å². The Morgan fingerprint density at radius 3 is 2.44 bits per heavy atom. The van der Waals surface area contributed by atoms with Gasteiger partial charge in [0.25, 0.3) is 5.91 Å². The summed E-state index contributed by atoms with van der Waals surface area (Å²) in [5, 5.41) is 13.5. The third kappa shape index (κ3) is 4.19. The van der Waals surface area contributed by atoms with Crippen LogP contribution in [0.15, 0.2) is 5.38 Å². The SMILES string of the molecule is CNC(=O)c1csc2c(C(F)(F)F)nc(N3CCC(N(C(=O)O)C(C)C4CC4)CC3)nc12. The van der Waals surface area contributed by atoms with Gasteiger partial charge in [0.1, 0.15) is 5.52 Å². The molecule has 1 unspecified atom stereocenters. The first-order valence-corrected chi connectivity index (χ1v) is 11.3. The molecule has 1 saturated carbocycles. The first-order valence-electron chi connectivity index (χ1n) is 10.5. The van der Waals surface area contributed by atoms with Crippen LogP contribution >= 0.6 is 11.3 Å². The second kappa shape index (κ2) is 8.38. The minimum absolute atomic E-state index is 0.0247. The van der Waals surface area contributed by atoms with Crippen LogP contribution in [0.1, 0.15) is 48.7 Å². The minimum atomic E-state index is -4.70. The average molecular weight is 472 g/mol. The summed E-state index contributed by atoms with van der Waals surface area (Å²) < 4.78 is 41.0. The highest BCUT2D eigenvalue weighted by Gasteiger charge is 2.40. The van der Waals surface area contributed by atoms with Crippen molar-refractivity contribution in [2.24, 2.45) is 5.92 Å². The zero-order chi connectivity index (χ0) is 23.2. The number of rotatable bonds is 5. The summed E-state index contributed by atoms with van der Waals surface area (Å²) in [6.45, 7) is 2.57. The second-order valence-electron chi connectivity index (χ2n) is 8.26. The van der Waals surface area contributed by atoms with E-state index in [1.165, 1.54) is 17.3 Å². The summed E-state index contributed by atoms with van der Waals surface area (Å²) in [5.74, 6) is -0.228. The van der Waals surface area contributed by atoms with E-state index in [9.17, 15) is 27.9 Å². The van der Waals surface area contributed by atoms with Crippen molar-refractivity contribution < 1.29 is 27.9 Å². The van der Waals surface area contributed by atoms with Gasteiger partial charge in [0.15, 0.2) is 5.69 Å². The molecule has 12 heteroatoms. The molecule has 0 radical (unpaired) electrons. The van der Waals surface area contributed by atoms with Crippen LogP contribution in [-0.2, 0) is 6.18 Å². The lowest BCUT2D eigenvalue weighted by Gasteiger charge is -2.40. The molecular weight excluding hydrogens is 447 g/mol. The highest BCUT2D eigenvalue weighted by atomic mass is 32.1. The molecule has 2 aliphatic rings. The Morgan fingerprint density at radius 1 is 1.25 bits per heavy atom. The lowest BCUT2D eigenvalue weighted by Crippen LogP contribution is -2.51. The summed E-state index contributed by atoms with van der Waals surface area (Å²) in [7, 11) is 1.40. The van der Waals surface area contributed by atoms with Gasteiger partial charge in [-0.25, -0.2) is 14.8 Å². The van der Waals surface area contributed by atoms with Gasteiger partial charge < -0.3 is 20.2 Å². The largest absolute Gasteiger partial charge is 0.465 e. The van der Waals surface area contributed by atoms with Crippen molar-refractivity contribution in [3.05, 3.63) is 16.6 Å². The number of alkyl halides is 3. The number of hydrogen-bond acceptors (Lipinski definition) is 6. The van der Waals surface area contributed by atoms with Crippen LogP contribution in [0, 0.1) is 5.92 Å². The van der Waals surface area contributed by atoms with Gasteiger partial charge >= 0.3 is 12.3 Å². The van der Waals surface area contributed by atoms with Crippen molar-refractivity contribution in [3.8, 4) is 0 Å². The molecule has 0 aromatic carbocycles. The Kier molecular flexibility index (Phi) is 5.91. The Balaban J connectivity index is 1.61. The monoisotopic (exact) mass is 471 g/mol. The van der Waals surface area contributed by atoms with E-state index >= 15 is 0 Å². The second-order valence-corrected chi connectivity index (χ2v) is 9.14. The van der Waals surface area contributed by atoms with Crippen LogP contribution in [0.4, 0.5) is 23.9 Å². The summed E-state index contributed by atoms with van der Waals surface area (Å²) >= 11 is 0.789. The predicted molar refractivity (Wildman–Crippen MR) is 113 cm³/mol. The van der Waals surface area contributed by atoms with Gasteiger partial charge in [0, 0.05) is 37.6 Å². The topological polar surface area (TPSA) is 98.7 Å². The maximum Gasteiger partial charge on any atom is 0.434 e. The number of carbonyl (C=O) groups is 2. The number of aromatic nitrogens is 2. The number of anilines is 1. The Morgan fingerprint density at radius 2 is 1.91 bits per heavy atom. The van der Waals surface area contributed by atoms with Gasteiger partial charge in [-0.3, -0.25) is 4.79 Å². The average Bonchev–Trinajstić information content (AvgIpc) is 3.51. The van der Waals surface area contributed by atoms with Crippen LogP contribution in [0.2, 0.25) is 0 Å². The minimum Gasteiger partial charge on any atom is -0.465 e. The van der Waals surface area contributed by atoms with Gasteiger partial charge in [0.05, 0.1) is 10.3 Å². The first kappa shape index (κ1) is 22.6. The van der Waals surface area contributed by atoms with Gasteiger partial charge in [0.2, 0.25) is 5.95 Å². The summed E-state index contributed by atoms with van der Waals surface area (Å²) in [6.07, 6.45) is -2.68. The molecule has 0 bridgehead atoms. The van der Waals surface area contributed by atoms with Crippen LogP contribution in [0.25, 0.3) is 10.2 Å². The summed E-state index contributed by atoms with van der Waals surface area (Å²) in [5.41, 5.74) is -1.01. The maximum atomic E-state index is 13.7. The predicted octanol–water partition coefficient (Wildman–Crippen LogP) is 3.82. The van der Waals surface area contributed by atoms with Gasteiger partial charge in [-0.15, -0.1) is 11.3 Å². The molecule has 1 aliphatic heterocycles. The molecule has 2 N–H and O–H groups in total. The molecule has 2 aromatic rings. The van der Waals surface area contributed by atoms with Crippen LogP contribution in [0.5, 0.6) is 0 Å². The van der Waals surface area contributed by atoms with Crippen molar-refractivity contribution in [2.45, 2.75) is 50.9 Å². The summed E-state index contributed by atoms with van der Waals surface area (Å²) in [4.78, 5) is 35.2. The van der Waals surface area contributed by atoms with E-state index in [1.807, 2.05) is 6.92 Å². The molecule has 32 heavy (non-hydrogen) atoms. The fourth-order valence-corrected chi connectivity index (χ4v) is 5.34. The van der Waals surface area contributed by atoms with E-state index in [4.69, 9.17) is 0 Å². The van der Waals surface area contributed by atoms with Gasteiger partial charge in [-0.1, -0.05) is 0 Å². The van der Waals surface area contributed by atoms with Gasteiger partial charge in [-0.2, -0.15) is 13.2 Å². The van der Waals surface area contributed by atoms with E-state index in [2.05, 4.69) is 15.3 Å². The van der Waals surface area contributed by atoms with E-state index in [0.717, 1.165) is 24.2 Å². The number of thiophene rings is 1. The molecule has 3 heterocycles. The quantitative estimate of drug-likeness (QED) is 0.688. The number of carbonyl (C=O) groups excluding carboxylic acids is 1. The third-order valence-corrected chi connectivity index (χ3v) is 7.22. The Labute approximate surface area is 186 Å². The smallest absolute Gasteiger partial charge is 0.434 e. The Hall–Kier alpha value is -2.63. The first-order chi connectivity index (χ1) is 15.1. The molecule has 1 aliphatic carbocycles. The molecule has 1 atom stereocenters. The van der Waals surface area contributed by atoms with E-state index in [1.54, 1.807) is 4.90 Å². The molecule has 174 valence electrons. The summed E-state index contributed by atoms with van der Waals surface area (Å²) in [6, 6.07) is -0.276. The molecule has 4 rings (SSSR count). The molecular formula is C20H24F3N5O3S. The molecule has 8 nitrogen and oxygen atoms in total. The van der Waals surface area contributed by atoms with E-state index in [-0.39, 0.29) is 33.8 Å². The number of halogens is 3. The fraction of sp³-hybridized carbons (Fsp3) is 0.600. The fourth-order valence-electron chi connectivity index (χ4n) is 4.35. The number of carboxylic acid groups (broad SMARTS) is 1. The molecule has 2 fully saturated rings. The van der Waals surface area contributed by atoms with E-state index in [0.29, 0.717) is 31.8 Å². The van der Waals surface area contributed by atoms with Crippen LogP contribution in [0.3, 0.4) is 0 Å². The number of nitrogens with zero attached hydrogens (tertiary/aromatic N) is 4. The van der Waals surface area contributed by atoms with Crippen molar-refractivity contribution in [2.75, 3.05) is 25.0 Å². The molecule has 1 saturated heterocycles. The van der Waals surface area contributed by atoms with Crippen molar-refractivity contribution in [1.82, 2.24) is 20.2 Å². The highest BCUT2D eigenvalue weighted by Crippen LogP contribution is 2.39. The lowest BCUT2D eigenvalue weighted by molar-refractivity contribution is -0.139. The number of fused-ring (bicyclic) bond motifs is 1. The maximum absolute atomic E-state index is 13.7. The van der Waals surface area contributed by atoms with Gasteiger partial charge in [-0.05, 0) is 38.5 Å². The highest BCUT2D eigenvalue weighted by molar-refractivity contribution is 7.17. The zero-order valence-electron chi connectivity index (χ0n) is 17.6. The number of piperidine rings is 1. The number of nitrogens with one attached hydrogen (secondary N) is 1. The molecule has 0 spiro atoms. The standard InChI is InChI=1S/C20H24F3N5O3S/c1-10(11-3-4-11)28(19(30)31)12-5-7-27(8-6-12)18-25-14-13(17(29)24-2)9-32-15(14)16(26-18)20(21,22)23/h9-12H,3-8H2,1-2H3,(H,24,29)(H,30,31). The third-order valence-electron chi connectivity index (χ3n) is 6.25. The van der Waals surface area contributed by atoms with E-state index < -0.39 is 23.9 Å². The van der Waals surface area contributed by atoms with Crippen LogP contribution in [-0.4, -0.2) is 64.2 Å². The Bertz CT molecular complexity index is 1030.